The number of carbonyl (C=O) groups is 3. The predicted octanol–water partition coefficient (Wildman–Crippen LogP) is 0.522. The summed E-state index contributed by atoms with van der Waals surface area (Å²) in [5, 5.41) is 5.55. The van der Waals surface area contributed by atoms with Crippen LogP contribution in [0.1, 0.15) is 40.5 Å². The molecule has 3 amide bonds. The van der Waals surface area contributed by atoms with Crippen molar-refractivity contribution >= 4 is 17.7 Å². The largest absolute Gasteiger partial charge is 0.354 e. The molecule has 0 bridgehead atoms. The van der Waals surface area contributed by atoms with E-state index >= 15 is 0 Å². The Morgan fingerprint density at radius 3 is 2.33 bits per heavy atom. The second-order valence-electron chi connectivity index (χ2n) is 6.28. The lowest BCUT2D eigenvalue weighted by Gasteiger charge is -2.20. The Kier molecular flexibility index (Phi) is 6.65. The average molecular weight is 297 g/mol. The molecule has 1 heterocycles. The van der Waals surface area contributed by atoms with Gasteiger partial charge in [-0.2, -0.15) is 0 Å². The quantitative estimate of drug-likeness (QED) is 0.673. The number of nitrogens with zero attached hydrogens (tertiary/aromatic N) is 1. The first-order valence-corrected chi connectivity index (χ1v) is 7.65. The van der Waals surface area contributed by atoms with E-state index in [1.54, 1.807) is 4.90 Å². The van der Waals surface area contributed by atoms with Gasteiger partial charge in [0.15, 0.2) is 0 Å². The fourth-order valence-corrected chi connectivity index (χ4v) is 2.38. The molecule has 120 valence electrons. The van der Waals surface area contributed by atoms with Crippen molar-refractivity contribution in [3.63, 3.8) is 0 Å². The van der Waals surface area contributed by atoms with Gasteiger partial charge in [-0.1, -0.05) is 13.8 Å². The zero-order valence-corrected chi connectivity index (χ0v) is 13.4. The van der Waals surface area contributed by atoms with E-state index in [2.05, 4.69) is 10.6 Å². The van der Waals surface area contributed by atoms with E-state index in [1.807, 2.05) is 27.7 Å². The van der Waals surface area contributed by atoms with Gasteiger partial charge in [0, 0.05) is 38.5 Å². The normalized spacial score (nSPS) is 18.5. The minimum atomic E-state index is -0.272. The van der Waals surface area contributed by atoms with Crippen molar-refractivity contribution in [3.05, 3.63) is 0 Å². The highest BCUT2D eigenvalue weighted by Crippen LogP contribution is 2.19. The summed E-state index contributed by atoms with van der Waals surface area (Å²) in [5.41, 5.74) is 0. The van der Waals surface area contributed by atoms with E-state index in [-0.39, 0.29) is 36.1 Å². The molecule has 0 aromatic heterocycles. The van der Waals surface area contributed by atoms with Gasteiger partial charge in [0.2, 0.25) is 17.7 Å². The number of hydrogen-bond acceptors (Lipinski definition) is 3. The Bertz CT molecular complexity index is 394. The summed E-state index contributed by atoms with van der Waals surface area (Å²) in [4.78, 5) is 36.9. The zero-order chi connectivity index (χ0) is 16.0. The van der Waals surface area contributed by atoms with Crippen LogP contribution in [0, 0.1) is 11.8 Å². The molecule has 0 aromatic carbocycles. The lowest BCUT2D eigenvalue weighted by molar-refractivity contribution is -0.129. The molecule has 1 aliphatic heterocycles. The molecule has 0 spiro atoms. The molecule has 1 unspecified atom stereocenters. The highest BCUT2D eigenvalue weighted by Gasteiger charge is 2.35. The molecule has 1 fully saturated rings. The van der Waals surface area contributed by atoms with Crippen LogP contribution in [0.25, 0.3) is 0 Å². The van der Waals surface area contributed by atoms with E-state index in [1.165, 1.54) is 0 Å². The summed E-state index contributed by atoms with van der Waals surface area (Å²) in [6, 6.07) is 0.130. The van der Waals surface area contributed by atoms with Crippen molar-refractivity contribution in [2.24, 2.45) is 11.8 Å². The average Bonchev–Trinajstić information content (AvgIpc) is 2.76. The second-order valence-corrected chi connectivity index (χ2v) is 6.28. The molecule has 1 atom stereocenters. The monoisotopic (exact) mass is 297 g/mol. The Morgan fingerprint density at radius 2 is 1.81 bits per heavy atom. The maximum Gasteiger partial charge on any atom is 0.225 e. The summed E-state index contributed by atoms with van der Waals surface area (Å²) < 4.78 is 0. The van der Waals surface area contributed by atoms with Crippen LogP contribution < -0.4 is 10.6 Å². The summed E-state index contributed by atoms with van der Waals surface area (Å²) in [7, 11) is 0. The van der Waals surface area contributed by atoms with Gasteiger partial charge >= 0.3 is 0 Å². The maximum atomic E-state index is 12.0. The number of nitrogens with one attached hydrogen (secondary N) is 2. The smallest absolute Gasteiger partial charge is 0.225 e. The van der Waals surface area contributed by atoms with Gasteiger partial charge in [-0.05, 0) is 19.8 Å². The Balaban J connectivity index is 2.23. The first-order chi connectivity index (χ1) is 9.81. The highest BCUT2D eigenvalue weighted by atomic mass is 16.2. The van der Waals surface area contributed by atoms with E-state index in [0.29, 0.717) is 32.0 Å². The first kappa shape index (κ1) is 17.5. The fourth-order valence-electron chi connectivity index (χ4n) is 2.38. The summed E-state index contributed by atoms with van der Waals surface area (Å²) in [6.45, 7) is 9.17. The Morgan fingerprint density at radius 1 is 1.19 bits per heavy atom. The molecule has 21 heavy (non-hydrogen) atoms. The van der Waals surface area contributed by atoms with Crippen molar-refractivity contribution in [1.82, 2.24) is 15.5 Å². The predicted molar refractivity (Wildman–Crippen MR) is 80.4 cm³/mol. The molecule has 1 rings (SSSR count). The van der Waals surface area contributed by atoms with Crippen LogP contribution in [-0.2, 0) is 14.4 Å². The molecule has 0 saturated carbocycles. The summed E-state index contributed by atoms with van der Waals surface area (Å²) in [6.07, 6.45) is 0.776. The van der Waals surface area contributed by atoms with Gasteiger partial charge in [-0.3, -0.25) is 14.4 Å². The van der Waals surface area contributed by atoms with E-state index < -0.39 is 0 Å². The van der Waals surface area contributed by atoms with Gasteiger partial charge in [0.05, 0.1) is 5.92 Å². The third-order valence-electron chi connectivity index (χ3n) is 3.49. The molecule has 6 nitrogen and oxygen atoms in total. The van der Waals surface area contributed by atoms with Gasteiger partial charge in [-0.25, -0.2) is 0 Å². The topological polar surface area (TPSA) is 78.5 Å². The molecule has 1 saturated heterocycles. The molecule has 0 aromatic rings. The molecule has 6 heteroatoms. The van der Waals surface area contributed by atoms with Crippen LogP contribution in [0.3, 0.4) is 0 Å². The van der Waals surface area contributed by atoms with Crippen molar-refractivity contribution in [2.45, 2.75) is 46.6 Å². The number of hydrogen-bond donors (Lipinski definition) is 2. The number of amides is 3. The number of carbonyl (C=O) groups excluding carboxylic acids is 3. The van der Waals surface area contributed by atoms with E-state index in [9.17, 15) is 14.4 Å². The lowest BCUT2D eigenvalue weighted by Crippen LogP contribution is -2.39. The molecule has 0 aliphatic carbocycles. The minimum absolute atomic E-state index is 0.00118. The Labute approximate surface area is 126 Å². The van der Waals surface area contributed by atoms with Crippen LogP contribution in [-0.4, -0.2) is 48.3 Å². The van der Waals surface area contributed by atoms with Crippen LogP contribution in [0.15, 0.2) is 0 Å². The third-order valence-corrected chi connectivity index (χ3v) is 3.49. The van der Waals surface area contributed by atoms with Gasteiger partial charge < -0.3 is 15.5 Å². The highest BCUT2D eigenvalue weighted by molar-refractivity contribution is 5.89. The Hall–Kier alpha value is -1.59. The minimum Gasteiger partial charge on any atom is -0.354 e. The van der Waals surface area contributed by atoms with Gasteiger partial charge in [-0.15, -0.1) is 0 Å². The molecular weight excluding hydrogens is 270 g/mol. The van der Waals surface area contributed by atoms with E-state index in [0.717, 1.165) is 0 Å². The fraction of sp³-hybridized carbons (Fsp3) is 0.800. The van der Waals surface area contributed by atoms with Crippen LogP contribution in [0.5, 0.6) is 0 Å². The van der Waals surface area contributed by atoms with Crippen molar-refractivity contribution in [1.29, 1.82) is 0 Å². The van der Waals surface area contributed by atoms with Crippen molar-refractivity contribution in [3.8, 4) is 0 Å². The first-order valence-electron chi connectivity index (χ1n) is 7.65. The second kappa shape index (κ2) is 8.00. The maximum absolute atomic E-state index is 12.0. The van der Waals surface area contributed by atoms with Gasteiger partial charge in [0.1, 0.15) is 0 Å². The van der Waals surface area contributed by atoms with Crippen LogP contribution in [0.2, 0.25) is 0 Å². The standard InChI is InChI=1S/C15H27N3O3/c1-10(2)7-13(19)16-5-6-17-15(21)12-8-14(20)18(9-12)11(3)4/h10-12H,5-9H2,1-4H3,(H,16,19)(H,17,21). The molecular formula is C15H27N3O3. The molecule has 0 radical (unpaired) electrons. The van der Waals surface area contributed by atoms with Crippen LogP contribution >= 0.6 is 0 Å². The molecule has 2 N–H and O–H groups in total. The lowest BCUT2D eigenvalue weighted by atomic mass is 10.1. The summed E-state index contributed by atoms with van der Waals surface area (Å²) >= 11 is 0. The number of rotatable bonds is 7. The summed E-state index contributed by atoms with van der Waals surface area (Å²) in [5.74, 6) is -0.0151. The van der Waals surface area contributed by atoms with E-state index in [4.69, 9.17) is 0 Å². The van der Waals surface area contributed by atoms with Crippen molar-refractivity contribution < 1.29 is 14.4 Å². The third kappa shape index (κ3) is 5.73. The zero-order valence-electron chi connectivity index (χ0n) is 13.4. The molecule has 1 aliphatic rings. The van der Waals surface area contributed by atoms with Crippen LogP contribution in [0.4, 0.5) is 0 Å². The number of likely N-dealkylation sites (tertiary alicyclic amines) is 1. The SMILES string of the molecule is CC(C)CC(=O)NCCNC(=O)C1CC(=O)N(C(C)C)C1. The van der Waals surface area contributed by atoms with Gasteiger partial charge in [0.25, 0.3) is 0 Å². The van der Waals surface area contributed by atoms with Crippen molar-refractivity contribution in [2.75, 3.05) is 19.6 Å².